The molecule has 7 nitrogen and oxygen atoms in total. The fourth-order valence-corrected chi connectivity index (χ4v) is 4.22. The van der Waals surface area contributed by atoms with E-state index in [1.165, 1.54) is 0 Å². The fraction of sp³-hybridized carbons (Fsp3) is 0.360. The summed E-state index contributed by atoms with van der Waals surface area (Å²) in [4.78, 5) is 13.1. The maximum Gasteiger partial charge on any atom is 0.328 e. The van der Waals surface area contributed by atoms with E-state index >= 15 is 0 Å². The van der Waals surface area contributed by atoms with Crippen molar-refractivity contribution in [2.75, 3.05) is 0 Å². The molecule has 2 aromatic heterocycles. The lowest BCUT2D eigenvalue weighted by molar-refractivity contribution is 0.564. The lowest BCUT2D eigenvalue weighted by Crippen LogP contribution is -2.25. The first-order chi connectivity index (χ1) is 15.5. The monoisotopic (exact) mass is 430 g/mol. The summed E-state index contributed by atoms with van der Waals surface area (Å²) in [6, 6.07) is 16.4. The van der Waals surface area contributed by atoms with Crippen molar-refractivity contribution in [2.45, 2.75) is 53.6 Å². The van der Waals surface area contributed by atoms with Crippen molar-refractivity contribution in [1.29, 1.82) is 0 Å². The number of hydrogen-bond acceptors (Lipinski definition) is 4. The quantitative estimate of drug-likeness (QED) is 0.447. The third-order valence-corrected chi connectivity index (χ3v) is 6.02. The van der Waals surface area contributed by atoms with Gasteiger partial charge in [0.1, 0.15) is 0 Å². The van der Waals surface area contributed by atoms with Gasteiger partial charge in [0, 0.05) is 23.5 Å². The minimum atomic E-state index is 0.0796. The predicted octanol–water partition coefficient (Wildman–Crippen LogP) is 4.46. The van der Waals surface area contributed by atoms with Gasteiger partial charge in [-0.05, 0) is 59.7 Å². The number of nitrogens with one attached hydrogen (secondary N) is 1. The lowest BCUT2D eigenvalue weighted by atomic mass is 9.98. The molecular weight excluding hydrogens is 400 g/mol. The van der Waals surface area contributed by atoms with Gasteiger partial charge >= 0.3 is 5.69 Å². The average Bonchev–Trinajstić information content (AvgIpc) is 3.40. The van der Waals surface area contributed by atoms with Gasteiger partial charge in [-0.15, -0.1) is 5.10 Å². The summed E-state index contributed by atoms with van der Waals surface area (Å²) in [7, 11) is 0. The Balaban J connectivity index is 1.64. The number of benzene rings is 2. The van der Waals surface area contributed by atoms with Gasteiger partial charge in [-0.2, -0.15) is 0 Å². The van der Waals surface area contributed by atoms with E-state index in [9.17, 15) is 4.79 Å². The molecule has 0 atom stereocenters. The number of nitrogens with zero attached hydrogens (tertiary/aromatic N) is 5. The number of H-pyrrole nitrogens is 1. The van der Waals surface area contributed by atoms with Gasteiger partial charge < -0.3 is 0 Å². The molecule has 0 saturated carbocycles. The van der Waals surface area contributed by atoms with Gasteiger partial charge in [0.2, 0.25) is 0 Å². The van der Waals surface area contributed by atoms with Gasteiger partial charge in [0.15, 0.2) is 5.82 Å². The van der Waals surface area contributed by atoms with Crippen molar-refractivity contribution in [1.82, 2.24) is 29.8 Å². The van der Waals surface area contributed by atoms with Crippen LogP contribution < -0.4 is 5.69 Å². The van der Waals surface area contributed by atoms with Crippen LogP contribution in [0.2, 0.25) is 0 Å². The molecule has 0 aliphatic heterocycles. The van der Waals surface area contributed by atoms with Crippen LogP contribution in [0, 0.1) is 12.8 Å². The molecule has 0 saturated heterocycles. The molecule has 166 valence electrons. The zero-order valence-corrected chi connectivity index (χ0v) is 19.2. The van der Waals surface area contributed by atoms with Crippen molar-refractivity contribution >= 4 is 0 Å². The third-order valence-electron chi connectivity index (χ3n) is 6.02. The van der Waals surface area contributed by atoms with E-state index in [1.807, 2.05) is 34.3 Å². The van der Waals surface area contributed by atoms with E-state index in [1.54, 1.807) is 0 Å². The summed E-state index contributed by atoms with van der Waals surface area (Å²) in [5.74, 6) is 1.24. The third kappa shape index (κ3) is 4.28. The number of imidazole rings is 1. The summed E-state index contributed by atoms with van der Waals surface area (Å²) >= 11 is 0. The minimum absolute atomic E-state index is 0.0796. The summed E-state index contributed by atoms with van der Waals surface area (Å²) < 4.78 is 3.83. The second kappa shape index (κ2) is 9.34. The highest BCUT2D eigenvalue weighted by Gasteiger charge is 2.17. The number of aromatic nitrogens is 6. The molecular formula is C25H30N6O. The number of hydrogen-bond donors (Lipinski definition) is 1. The van der Waals surface area contributed by atoms with E-state index in [4.69, 9.17) is 0 Å². The molecule has 4 rings (SSSR count). The number of rotatable bonds is 8. The van der Waals surface area contributed by atoms with Gasteiger partial charge in [0.25, 0.3) is 0 Å². The molecule has 2 heterocycles. The molecule has 0 aliphatic rings. The summed E-state index contributed by atoms with van der Waals surface area (Å²) in [5.41, 5.74) is 6.51. The Hall–Kier alpha value is -3.48. The largest absolute Gasteiger partial charge is 0.328 e. The van der Waals surface area contributed by atoms with Crippen LogP contribution in [0.1, 0.15) is 44.1 Å². The molecule has 0 fully saturated rings. The Morgan fingerprint density at radius 1 is 1.00 bits per heavy atom. The topological polar surface area (TPSA) is 81.4 Å². The first-order valence-electron chi connectivity index (χ1n) is 11.2. The predicted molar refractivity (Wildman–Crippen MR) is 126 cm³/mol. The Kier molecular flexibility index (Phi) is 6.35. The van der Waals surface area contributed by atoms with Crippen LogP contribution >= 0.6 is 0 Å². The lowest BCUT2D eigenvalue weighted by Gasteiger charge is -2.11. The second-order valence-corrected chi connectivity index (χ2v) is 8.57. The van der Waals surface area contributed by atoms with Gasteiger partial charge in [-0.25, -0.2) is 9.89 Å². The molecule has 0 amide bonds. The summed E-state index contributed by atoms with van der Waals surface area (Å²) in [6.45, 7) is 9.81. The average molecular weight is 431 g/mol. The molecule has 0 spiro atoms. The molecule has 0 bridgehead atoms. The molecule has 0 radical (unpaired) electrons. The first-order valence-corrected chi connectivity index (χ1v) is 11.2. The Labute approximate surface area is 188 Å². The maximum atomic E-state index is 13.1. The highest BCUT2D eigenvalue weighted by molar-refractivity contribution is 5.80. The minimum Gasteiger partial charge on any atom is -0.297 e. The van der Waals surface area contributed by atoms with Gasteiger partial charge in [-0.1, -0.05) is 62.4 Å². The Morgan fingerprint density at radius 2 is 1.72 bits per heavy atom. The SMILES string of the molecule is CCn1c(C)c(CCC(C)C)n(Cc2ccc(-c3ccccc3-c3nnn[nH]3)cc2)c1=O. The molecule has 4 aromatic rings. The maximum absolute atomic E-state index is 13.1. The Morgan fingerprint density at radius 3 is 2.34 bits per heavy atom. The van der Waals surface area contributed by atoms with E-state index in [2.05, 4.69) is 71.7 Å². The van der Waals surface area contributed by atoms with Crippen LogP contribution in [0.25, 0.3) is 22.5 Å². The first kappa shape index (κ1) is 21.7. The van der Waals surface area contributed by atoms with Crippen LogP contribution in [0.4, 0.5) is 0 Å². The van der Waals surface area contributed by atoms with E-state index < -0.39 is 0 Å². The van der Waals surface area contributed by atoms with E-state index in [-0.39, 0.29) is 5.69 Å². The normalized spacial score (nSPS) is 11.4. The standard InChI is InChI=1S/C25H30N6O/c1-5-30-18(4)23(15-10-17(2)3)31(25(30)32)16-19-11-13-20(14-12-19)21-8-6-7-9-22(21)24-26-28-29-27-24/h6-9,11-14,17H,5,10,15-16H2,1-4H3,(H,26,27,28,29). The molecule has 7 heteroatoms. The van der Waals surface area contributed by atoms with Crippen molar-refractivity contribution in [2.24, 2.45) is 5.92 Å². The van der Waals surface area contributed by atoms with Crippen molar-refractivity contribution < 1.29 is 0 Å². The van der Waals surface area contributed by atoms with Gasteiger partial charge in [-0.3, -0.25) is 9.13 Å². The Bertz CT molecular complexity index is 1230. The van der Waals surface area contributed by atoms with Crippen LogP contribution in [-0.4, -0.2) is 29.8 Å². The van der Waals surface area contributed by atoms with Gasteiger partial charge in [0.05, 0.1) is 6.54 Å². The fourth-order valence-electron chi connectivity index (χ4n) is 4.22. The highest BCUT2D eigenvalue weighted by atomic mass is 16.1. The van der Waals surface area contributed by atoms with Crippen LogP contribution in [0.5, 0.6) is 0 Å². The molecule has 32 heavy (non-hydrogen) atoms. The van der Waals surface area contributed by atoms with E-state index in [0.29, 0.717) is 24.8 Å². The van der Waals surface area contributed by atoms with Crippen LogP contribution in [0.3, 0.4) is 0 Å². The van der Waals surface area contributed by atoms with Crippen molar-refractivity contribution in [3.63, 3.8) is 0 Å². The molecule has 0 aliphatic carbocycles. The molecule has 1 N–H and O–H groups in total. The smallest absolute Gasteiger partial charge is 0.297 e. The van der Waals surface area contributed by atoms with Crippen LogP contribution in [-0.2, 0) is 19.5 Å². The second-order valence-electron chi connectivity index (χ2n) is 8.57. The zero-order chi connectivity index (χ0) is 22.7. The number of aromatic amines is 1. The molecule has 2 aromatic carbocycles. The molecule has 0 unspecified atom stereocenters. The summed E-state index contributed by atoms with van der Waals surface area (Å²) in [6.07, 6.45) is 1.99. The summed E-state index contributed by atoms with van der Waals surface area (Å²) in [5, 5.41) is 14.3. The van der Waals surface area contributed by atoms with E-state index in [0.717, 1.165) is 46.5 Å². The number of tetrazole rings is 1. The van der Waals surface area contributed by atoms with Crippen molar-refractivity contribution in [3.05, 3.63) is 76.0 Å². The zero-order valence-electron chi connectivity index (χ0n) is 19.2. The van der Waals surface area contributed by atoms with Crippen LogP contribution in [0.15, 0.2) is 53.3 Å². The van der Waals surface area contributed by atoms with Crippen molar-refractivity contribution in [3.8, 4) is 22.5 Å². The highest BCUT2D eigenvalue weighted by Crippen LogP contribution is 2.29.